The molecule has 2 aliphatic rings. The van der Waals surface area contributed by atoms with Crippen molar-refractivity contribution < 1.29 is 19.4 Å². The largest absolute Gasteiger partial charge is 0.508 e. The molecular weight excluding hydrogens is 358 g/mol. The third-order valence-electron chi connectivity index (χ3n) is 5.08. The van der Waals surface area contributed by atoms with Crippen molar-refractivity contribution in [3.05, 3.63) is 70.9 Å². The normalized spacial score (nSPS) is 18.6. The fourth-order valence-electron chi connectivity index (χ4n) is 3.58. The number of ether oxygens (including phenoxy) is 1. The van der Waals surface area contributed by atoms with Crippen LogP contribution in [0.1, 0.15) is 17.2 Å². The number of rotatable bonds is 5. The number of carbonyl (C=O) groups is 2. The Hall–Kier alpha value is -3.48. The predicted molar refractivity (Wildman–Crippen MR) is 103 cm³/mol. The molecule has 0 fully saturated rings. The van der Waals surface area contributed by atoms with E-state index in [0.717, 1.165) is 16.9 Å². The number of nitrogens with zero attached hydrogens (tertiary/aromatic N) is 1. The van der Waals surface area contributed by atoms with E-state index in [-0.39, 0.29) is 17.7 Å². The minimum Gasteiger partial charge on any atom is -0.508 e. The van der Waals surface area contributed by atoms with Crippen molar-refractivity contribution in [3.63, 3.8) is 0 Å². The second-order valence-corrected chi connectivity index (χ2v) is 6.84. The van der Waals surface area contributed by atoms with Gasteiger partial charge in [-0.25, -0.2) is 4.79 Å². The molecule has 7 heteroatoms. The highest BCUT2D eigenvalue weighted by Gasteiger charge is 2.40. The highest BCUT2D eigenvalue weighted by atomic mass is 16.5. The molecule has 28 heavy (non-hydrogen) atoms. The van der Waals surface area contributed by atoms with Crippen LogP contribution in [0.25, 0.3) is 0 Å². The molecule has 2 aliphatic heterocycles. The summed E-state index contributed by atoms with van der Waals surface area (Å²) in [6.45, 7) is 0.933. The quantitative estimate of drug-likeness (QED) is 0.742. The summed E-state index contributed by atoms with van der Waals surface area (Å²) in [5.74, 6) is 0.842. The van der Waals surface area contributed by atoms with Gasteiger partial charge in [0.05, 0.1) is 31.0 Å². The Morgan fingerprint density at radius 2 is 1.82 bits per heavy atom. The van der Waals surface area contributed by atoms with E-state index >= 15 is 0 Å². The monoisotopic (exact) mass is 379 g/mol. The van der Waals surface area contributed by atoms with Crippen LogP contribution in [0, 0.1) is 0 Å². The van der Waals surface area contributed by atoms with Crippen LogP contribution in [0.4, 0.5) is 4.79 Å². The summed E-state index contributed by atoms with van der Waals surface area (Å²) in [7, 11) is 1.63. The molecule has 0 aromatic heterocycles. The minimum atomic E-state index is -0.525. The summed E-state index contributed by atoms with van der Waals surface area (Å²) in [5, 5.41) is 15.1. The first-order valence-electron chi connectivity index (χ1n) is 9.07. The van der Waals surface area contributed by atoms with E-state index in [2.05, 4.69) is 10.6 Å². The van der Waals surface area contributed by atoms with Crippen molar-refractivity contribution in [1.29, 1.82) is 0 Å². The molecule has 2 aromatic carbocycles. The van der Waals surface area contributed by atoms with E-state index in [9.17, 15) is 14.7 Å². The molecule has 144 valence electrons. The van der Waals surface area contributed by atoms with Gasteiger partial charge in [0.15, 0.2) is 0 Å². The number of hydrogen-bond acceptors (Lipinski definition) is 4. The predicted octanol–water partition coefficient (Wildman–Crippen LogP) is 2.09. The third kappa shape index (κ3) is 3.38. The number of hydrogen-bond donors (Lipinski definition) is 3. The van der Waals surface area contributed by atoms with E-state index in [0.29, 0.717) is 30.8 Å². The summed E-state index contributed by atoms with van der Waals surface area (Å²) >= 11 is 0. The van der Waals surface area contributed by atoms with Gasteiger partial charge in [-0.05, 0) is 41.8 Å². The molecular formula is C21H21N3O4. The van der Waals surface area contributed by atoms with Crippen LogP contribution in [0.5, 0.6) is 11.5 Å². The average Bonchev–Trinajstić information content (AvgIpc) is 3.02. The summed E-state index contributed by atoms with van der Waals surface area (Å²) in [5.41, 5.74) is 3.06. The Labute approximate surface area is 162 Å². The Morgan fingerprint density at radius 3 is 2.50 bits per heavy atom. The maximum atomic E-state index is 13.0. The molecule has 4 rings (SSSR count). The number of phenolic OH excluding ortho intramolecular Hbond substituents is 1. The number of benzene rings is 2. The Balaban J connectivity index is 1.50. The number of urea groups is 1. The van der Waals surface area contributed by atoms with Crippen LogP contribution in [0.3, 0.4) is 0 Å². The lowest BCUT2D eigenvalue weighted by Gasteiger charge is -2.25. The lowest BCUT2D eigenvalue weighted by Crippen LogP contribution is -2.44. The zero-order valence-corrected chi connectivity index (χ0v) is 15.4. The maximum Gasteiger partial charge on any atom is 0.319 e. The van der Waals surface area contributed by atoms with Crippen molar-refractivity contribution in [2.45, 2.75) is 12.5 Å². The molecule has 3 N–H and O–H groups in total. The average molecular weight is 379 g/mol. The number of carbonyl (C=O) groups excluding carboxylic acids is 2. The van der Waals surface area contributed by atoms with Crippen molar-refractivity contribution in [2.24, 2.45) is 0 Å². The topological polar surface area (TPSA) is 90.9 Å². The smallest absolute Gasteiger partial charge is 0.319 e. The molecule has 0 unspecified atom stereocenters. The number of nitrogens with one attached hydrogen (secondary N) is 2. The lowest BCUT2D eigenvalue weighted by molar-refractivity contribution is -0.125. The standard InChI is InChI=1S/C21H21N3O4/c1-28-16-8-2-13(3-9-16)10-11-24-12-17-18(20(24)26)19(23-21(27)22-17)14-4-6-15(25)7-5-14/h2-9,19,25H,10-12H2,1H3,(H2,22,23,27)/t19-/m1/s1. The molecule has 0 spiro atoms. The molecule has 0 radical (unpaired) electrons. The van der Waals surface area contributed by atoms with Gasteiger partial charge < -0.3 is 25.4 Å². The lowest BCUT2D eigenvalue weighted by atomic mass is 9.96. The van der Waals surface area contributed by atoms with Crippen LogP contribution < -0.4 is 15.4 Å². The number of aromatic hydroxyl groups is 1. The van der Waals surface area contributed by atoms with Gasteiger partial charge in [0.1, 0.15) is 11.5 Å². The van der Waals surface area contributed by atoms with Crippen LogP contribution in [-0.2, 0) is 11.2 Å². The SMILES string of the molecule is COc1ccc(CCN2CC3=C(C2=O)[C@@H](c2ccc(O)cc2)NC(=O)N3)cc1. The van der Waals surface area contributed by atoms with Gasteiger partial charge in [-0.2, -0.15) is 0 Å². The summed E-state index contributed by atoms with van der Waals surface area (Å²) in [4.78, 5) is 26.8. The Kier molecular flexibility index (Phi) is 4.65. The summed E-state index contributed by atoms with van der Waals surface area (Å²) in [6, 6.07) is 13.4. The fourth-order valence-corrected chi connectivity index (χ4v) is 3.58. The Morgan fingerprint density at radius 1 is 1.11 bits per heavy atom. The van der Waals surface area contributed by atoms with Crippen molar-refractivity contribution in [3.8, 4) is 11.5 Å². The maximum absolute atomic E-state index is 13.0. The minimum absolute atomic E-state index is 0.0888. The molecule has 1 atom stereocenters. The number of amides is 3. The molecule has 0 saturated heterocycles. The van der Waals surface area contributed by atoms with Gasteiger partial charge in [0.2, 0.25) is 0 Å². The van der Waals surface area contributed by atoms with E-state index in [1.807, 2.05) is 24.3 Å². The van der Waals surface area contributed by atoms with Crippen LogP contribution >= 0.6 is 0 Å². The van der Waals surface area contributed by atoms with Gasteiger partial charge in [-0.3, -0.25) is 4.79 Å². The van der Waals surface area contributed by atoms with E-state index in [1.54, 1.807) is 36.3 Å². The van der Waals surface area contributed by atoms with Crippen molar-refractivity contribution in [1.82, 2.24) is 15.5 Å². The molecule has 0 bridgehead atoms. The van der Waals surface area contributed by atoms with Crippen molar-refractivity contribution in [2.75, 3.05) is 20.2 Å². The van der Waals surface area contributed by atoms with Crippen molar-refractivity contribution >= 4 is 11.9 Å². The number of phenols is 1. The molecule has 0 aliphatic carbocycles. The number of methoxy groups -OCH3 is 1. The highest BCUT2D eigenvalue weighted by Crippen LogP contribution is 2.33. The molecule has 7 nitrogen and oxygen atoms in total. The van der Waals surface area contributed by atoms with Crippen LogP contribution in [-0.4, -0.2) is 42.1 Å². The molecule has 2 heterocycles. The summed E-state index contributed by atoms with van der Waals surface area (Å²) < 4.78 is 5.17. The first-order chi connectivity index (χ1) is 13.5. The van der Waals surface area contributed by atoms with Gasteiger partial charge in [-0.15, -0.1) is 0 Å². The first-order valence-corrected chi connectivity index (χ1v) is 9.07. The van der Waals surface area contributed by atoms with Gasteiger partial charge in [0.25, 0.3) is 5.91 Å². The molecule has 2 aromatic rings. The third-order valence-corrected chi connectivity index (χ3v) is 5.08. The van der Waals surface area contributed by atoms with Gasteiger partial charge in [-0.1, -0.05) is 24.3 Å². The van der Waals surface area contributed by atoms with Crippen LogP contribution in [0.2, 0.25) is 0 Å². The molecule has 3 amide bonds. The summed E-state index contributed by atoms with van der Waals surface area (Å²) in [6.07, 6.45) is 0.710. The second-order valence-electron chi connectivity index (χ2n) is 6.84. The van der Waals surface area contributed by atoms with E-state index < -0.39 is 6.04 Å². The fraction of sp³-hybridized carbons (Fsp3) is 0.238. The zero-order chi connectivity index (χ0) is 19.7. The van der Waals surface area contributed by atoms with Crippen LogP contribution in [0.15, 0.2) is 59.8 Å². The van der Waals surface area contributed by atoms with Gasteiger partial charge >= 0.3 is 6.03 Å². The highest BCUT2D eigenvalue weighted by molar-refractivity contribution is 6.01. The Bertz CT molecular complexity index is 935. The molecule has 0 saturated carbocycles. The first kappa shape index (κ1) is 17.9. The zero-order valence-electron chi connectivity index (χ0n) is 15.4. The second kappa shape index (κ2) is 7.26. The van der Waals surface area contributed by atoms with E-state index in [4.69, 9.17) is 4.74 Å². The van der Waals surface area contributed by atoms with Gasteiger partial charge in [0, 0.05) is 6.54 Å². The van der Waals surface area contributed by atoms with E-state index in [1.165, 1.54) is 0 Å².